The summed E-state index contributed by atoms with van der Waals surface area (Å²) in [5, 5.41) is 11.4. The molecule has 1 heterocycles. The van der Waals surface area contributed by atoms with Crippen LogP contribution >= 0.6 is 0 Å². The van der Waals surface area contributed by atoms with Crippen molar-refractivity contribution in [1.82, 2.24) is 0 Å². The number of rotatable bonds is 2. The van der Waals surface area contributed by atoms with Gasteiger partial charge in [0, 0.05) is 23.4 Å². The topological polar surface area (TPSA) is 59.7 Å². The molecule has 1 atom stereocenters. The first-order valence-corrected chi connectivity index (χ1v) is 7.38. The van der Waals surface area contributed by atoms with E-state index in [1.807, 2.05) is 0 Å². The highest BCUT2D eigenvalue weighted by Crippen LogP contribution is 2.45. The van der Waals surface area contributed by atoms with Crippen LogP contribution in [0.4, 0.5) is 0 Å². The van der Waals surface area contributed by atoms with Crippen molar-refractivity contribution in [3.05, 3.63) is 28.5 Å². The maximum atomic E-state index is 11.0. The third-order valence-electron chi connectivity index (χ3n) is 4.46. The number of ether oxygens (including phenoxy) is 1. The van der Waals surface area contributed by atoms with Gasteiger partial charge in [0.15, 0.2) is 11.3 Å². The summed E-state index contributed by atoms with van der Waals surface area (Å²) >= 11 is 0. The summed E-state index contributed by atoms with van der Waals surface area (Å²) in [5.74, 6) is 0.365. The predicted octanol–water partition coefficient (Wildman–Crippen LogP) is 3.95. The minimum absolute atomic E-state index is 0.176. The molecule has 1 aromatic carbocycles. The van der Waals surface area contributed by atoms with Crippen LogP contribution in [0.15, 0.2) is 10.7 Å². The van der Waals surface area contributed by atoms with Crippen molar-refractivity contribution in [2.45, 2.75) is 52.6 Å². The highest BCUT2D eigenvalue weighted by molar-refractivity contribution is 5.92. The number of aromatic hydroxyl groups is 1. The molecule has 0 spiro atoms. The van der Waals surface area contributed by atoms with Gasteiger partial charge < -0.3 is 14.3 Å². The van der Waals surface area contributed by atoms with E-state index in [0.29, 0.717) is 11.5 Å². The van der Waals surface area contributed by atoms with E-state index < -0.39 is 0 Å². The Kier molecular flexibility index (Phi) is 3.40. The summed E-state index contributed by atoms with van der Waals surface area (Å²) < 4.78 is 10.6. The summed E-state index contributed by atoms with van der Waals surface area (Å²) in [4.78, 5) is 11.0. The van der Waals surface area contributed by atoms with Gasteiger partial charge in [-0.3, -0.25) is 4.79 Å². The van der Waals surface area contributed by atoms with Crippen molar-refractivity contribution in [1.29, 1.82) is 0 Å². The Morgan fingerprint density at radius 3 is 3.00 bits per heavy atom. The summed E-state index contributed by atoms with van der Waals surface area (Å²) in [5.41, 5.74) is 4.72. The van der Waals surface area contributed by atoms with Crippen LogP contribution in [0.25, 0.3) is 11.0 Å². The molecule has 2 aromatic rings. The minimum Gasteiger partial charge on any atom is -0.504 e. The van der Waals surface area contributed by atoms with Gasteiger partial charge in [0.1, 0.15) is 6.61 Å². The van der Waals surface area contributed by atoms with E-state index in [-0.39, 0.29) is 18.3 Å². The summed E-state index contributed by atoms with van der Waals surface area (Å²) in [6, 6.07) is 0. The van der Waals surface area contributed by atoms with Crippen molar-refractivity contribution in [3.63, 3.8) is 0 Å². The molecular weight excluding hydrogens is 268 g/mol. The SMILES string of the molecule is CC(=O)OCc1coc2c(O)c3c(c(C)c12)[C@@H](C)CCC3. The second-order valence-corrected chi connectivity index (χ2v) is 5.90. The predicted molar refractivity (Wildman–Crippen MR) is 79.4 cm³/mol. The number of hydrogen-bond donors (Lipinski definition) is 1. The zero-order chi connectivity index (χ0) is 15.1. The number of phenols is 1. The first kappa shape index (κ1) is 14.0. The molecule has 1 aliphatic rings. The fraction of sp³-hybridized carbons (Fsp3) is 0.471. The Hall–Kier alpha value is -1.97. The largest absolute Gasteiger partial charge is 0.504 e. The van der Waals surface area contributed by atoms with Crippen LogP contribution in [0, 0.1) is 6.92 Å². The van der Waals surface area contributed by atoms with Crippen LogP contribution in [0.1, 0.15) is 54.9 Å². The van der Waals surface area contributed by atoms with Gasteiger partial charge in [-0.1, -0.05) is 6.92 Å². The molecule has 112 valence electrons. The molecule has 21 heavy (non-hydrogen) atoms. The quantitative estimate of drug-likeness (QED) is 0.850. The Labute approximate surface area is 123 Å². The van der Waals surface area contributed by atoms with Gasteiger partial charge in [0.25, 0.3) is 0 Å². The number of phenolic OH excluding ortho intramolecular Hbond substituents is 1. The second-order valence-electron chi connectivity index (χ2n) is 5.90. The molecule has 0 saturated carbocycles. The smallest absolute Gasteiger partial charge is 0.302 e. The molecule has 0 amide bonds. The van der Waals surface area contributed by atoms with Gasteiger partial charge in [0.05, 0.1) is 6.26 Å². The van der Waals surface area contributed by atoms with Gasteiger partial charge in [-0.25, -0.2) is 0 Å². The Balaban J connectivity index is 2.20. The molecular formula is C17H20O4. The van der Waals surface area contributed by atoms with Crippen molar-refractivity contribution in [3.8, 4) is 5.75 Å². The molecule has 0 aliphatic heterocycles. The molecule has 0 unspecified atom stereocenters. The lowest BCUT2D eigenvalue weighted by Crippen LogP contribution is -2.10. The van der Waals surface area contributed by atoms with Gasteiger partial charge in [-0.05, 0) is 43.2 Å². The zero-order valence-corrected chi connectivity index (χ0v) is 12.7. The summed E-state index contributed by atoms with van der Waals surface area (Å²) in [6.45, 7) is 5.82. The fourth-order valence-corrected chi connectivity index (χ4v) is 3.54. The average molecular weight is 288 g/mol. The maximum Gasteiger partial charge on any atom is 0.302 e. The summed E-state index contributed by atoms with van der Waals surface area (Å²) in [6.07, 6.45) is 4.70. The van der Waals surface area contributed by atoms with Gasteiger partial charge in [0.2, 0.25) is 0 Å². The normalized spacial score (nSPS) is 17.8. The van der Waals surface area contributed by atoms with Crippen LogP contribution in [0.2, 0.25) is 0 Å². The van der Waals surface area contributed by atoms with E-state index in [9.17, 15) is 9.90 Å². The van der Waals surface area contributed by atoms with Crippen molar-refractivity contribution >= 4 is 16.9 Å². The van der Waals surface area contributed by atoms with E-state index in [2.05, 4.69) is 13.8 Å². The monoisotopic (exact) mass is 288 g/mol. The Morgan fingerprint density at radius 1 is 1.52 bits per heavy atom. The standard InChI is InChI=1S/C17H20O4/c1-9-5-4-6-13-14(9)10(2)15-12(7-20-11(3)18)8-21-17(15)16(13)19/h8-9,19H,4-7H2,1-3H3/t9-/m0/s1. The number of esters is 1. The molecule has 1 aromatic heterocycles. The summed E-state index contributed by atoms with van der Waals surface area (Å²) in [7, 11) is 0. The van der Waals surface area contributed by atoms with Gasteiger partial charge in [-0.2, -0.15) is 0 Å². The van der Waals surface area contributed by atoms with Crippen LogP contribution in [-0.2, 0) is 22.6 Å². The van der Waals surface area contributed by atoms with Crippen LogP contribution in [0.5, 0.6) is 5.75 Å². The van der Waals surface area contributed by atoms with Crippen LogP contribution < -0.4 is 0 Å². The van der Waals surface area contributed by atoms with Crippen molar-refractivity contribution in [2.75, 3.05) is 0 Å². The number of furan rings is 1. The average Bonchev–Trinajstić information content (AvgIpc) is 2.86. The molecule has 0 radical (unpaired) electrons. The highest BCUT2D eigenvalue weighted by Gasteiger charge is 2.27. The second kappa shape index (κ2) is 5.10. The first-order valence-electron chi connectivity index (χ1n) is 7.38. The molecule has 0 bridgehead atoms. The molecule has 1 aliphatic carbocycles. The van der Waals surface area contributed by atoms with Crippen LogP contribution in [0.3, 0.4) is 0 Å². The molecule has 4 nitrogen and oxygen atoms in total. The number of aryl methyl sites for hydroxylation is 1. The Bertz CT molecular complexity index is 711. The zero-order valence-electron chi connectivity index (χ0n) is 12.7. The number of fused-ring (bicyclic) bond motifs is 2. The number of benzene rings is 1. The molecule has 0 saturated heterocycles. The highest BCUT2D eigenvalue weighted by atomic mass is 16.5. The minimum atomic E-state index is -0.322. The lowest BCUT2D eigenvalue weighted by molar-refractivity contribution is -0.142. The maximum absolute atomic E-state index is 11.0. The van der Waals surface area contributed by atoms with Gasteiger partial charge in [-0.15, -0.1) is 0 Å². The Morgan fingerprint density at radius 2 is 2.29 bits per heavy atom. The van der Waals surface area contributed by atoms with Gasteiger partial charge >= 0.3 is 5.97 Å². The van der Waals surface area contributed by atoms with Crippen LogP contribution in [-0.4, -0.2) is 11.1 Å². The molecule has 3 rings (SSSR count). The molecule has 1 N–H and O–H groups in total. The number of carbonyl (C=O) groups excluding carboxylic acids is 1. The third kappa shape index (κ3) is 2.19. The van der Waals surface area contributed by atoms with E-state index in [4.69, 9.17) is 9.15 Å². The van der Waals surface area contributed by atoms with E-state index in [1.165, 1.54) is 12.5 Å². The first-order chi connectivity index (χ1) is 10.0. The van der Waals surface area contributed by atoms with E-state index >= 15 is 0 Å². The van der Waals surface area contributed by atoms with Crippen molar-refractivity contribution in [2.24, 2.45) is 0 Å². The third-order valence-corrected chi connectivity index (χ3v) is 4.46. The molecule has 0 fully saturated rings. The lowest BCUT2D eigenvalue weighted by atomic mass is 9.79. The fourth-order valence-electron chi connectivity index (χ4n) is 3.54. The van der Waals surface area contributed by atoms with E-state index in [1.54, 1.807) is 6.26 Å². The lowest BCUT2D eigenvalue weighted by Gasteiger charge is -2.25. The number of carbonyl (C=O) groups is 1. The van der Waals surface area contributed by atoms with Crippen molar-refractivity contribution < 1.29 is 19.1 Å². The molecule has 4 heteroatoms. The number of hydrogen-bond acceptors (Lipinski definition) is 4. The van der Waals surface area contributed by atoms with E-state index in [0.717, 1.165) is 41.3 Å².